The van der Waals surface area contributed by atoms with Gasteiger partial charge in [-0.2, -0.15) is 0 Å². The predicted octanol–water partition coefficient (Wildman–Crippen LogP) is 4.74. The number of hydrogen-bond donors (Lipinski definition) is 0. The van der Waals surface area contributed by atoms with E-state index in [4.69, 9.17) is 21.1 Å². The number of nitrogens with zero attached hydrogens (tertiary/aromatic N) is 3. The van der Waals surface area contributed by atoms with Crippen molar-refractivity contribution in [3.63, 3.8) is 0 Å². The first-order valence-electron chi connectivity index (χ1n) is 11.4. The third-order valence-corrected chi connectivity index (χ3v) is 6.79. The van der Waals surface area contributed by atoms with Gasteiger partial charge in [0.1, 0.15) is 17.7 Å². The second-order valence-corrected chi connectivity index (χ2v) is 9.46. The highest BCUT2D eigenvalue weighted by Gasteiger charge is 2.45. The van der Waals surface area contributed by atoms with Crippen molar-refractivity contribution in [2.24, 2.45) is 0 Å². The number of carbonyl (C=O) groups is 1. The van der Waals surface area contributed by atoms with Gasteiger partial charge in [-0.1, -0.05) is 29.8 Å². The Bertz CT molecular complexity index is 1150. The Labute approximate surface area is 199 Å². The summed E-state index contributed by atoms with van der Waals surface area (Å²) in [5, 5.41) is 0.654. The van der Waals surface area contributed by atoms with E-state index in [1.54, 1.807) is 6.20 Å². The SMILES string of the molecule is Cc1nccn1Cc1cccc(C(=O)N2CCC[C@]3(C[C@@H](Oc4cccc(Cl)c4)CO3)C2)c1. The monoisotopic (exact) mass is 465 g/mol. The summed E-state index contributed by atoms with van der Waals surface area (Å²) in [7, 11) is 0. The van der Waals surface area contributed by atoms with Crippen LogP contribution in [0.2, 0.25) is 5.02 Å². The molecule has 33 heavy (non-hydrogen) atoms. The second-order valence-electron chi connectivity index (χ2n) is 9.03. The molecule has 2 atom stereocenters. The molecule has 1 amide bonds. The molecule has 0 N–H and O–H groups in total. The third-order valence-electron chi connectivity index (χ3n) is 6.55. The maximum Gasteiger partial charge on any atom is 0.253 e. The summed E-state index contributed by atoms with van der Waals surface area (Å²) in [5.41, 5.74) is 1.45. The van der Waals surface area contributed by atoms with Crippen LogP contribution in [0.25, 0.3) is 0 Å². The lowest BCUT2D eigenvalue weighted by molar-refractivity contribution is -0.0453. The number of carbonyl (C=O) groups excluding carboxylic acids is 1. The number of ether oxygens (including phenoxy) is 2. The van der Waals surface area contributed by atoms with Gasteiger partial charge in [-0.05, 0) is 55.7 Å². The Balaban J connectivity index is 1.25. The van der Waals surface area contributed by atoms with Crippen molar-refractivity contribution in [3.8, 4) is 5.75 Å². The number of aromatic nitrogens is 2. The van der Waals surface area contributed by atoms with Crippen LogP contribution in [0.5, 0.6) is 5.75 Å². The zero-order valence-electron chi connectivity index (χ0n) is 18.7. The topological polar surface area (TPSA) is 56.6 Å². The fourth-order valence-corrected chi connectivity index (χ4v) is 5.10. The smallest absolute Gasteiger partial charge is 0.253 e. The van der Waals surface area contributed by atoms with E-state index in [1.165, 1.54) is 0 Å². The van der Waals surface area contributed by atoms with Crippen LogP contribution in [0.1, 0.15) is 41.0 Å². The lowest BCUT2D eigenvalue weighted by Gasteiger charge is -2.39. The van der Waals surface area contributed by atoms with E-state index < -0.39 is 0 Å². The average Bonchev–Trinajstić information content (AvgIpc) is 3.39. The molecule has 3 aromatic rings. The Morgan fingerprint density at radius 3 is 2.97 bits per heavy atom. The number of likely N-dealkylation sites (tertiary alicyclic amines) is 1. The number of piperidine rings is 1. The molecule has 2 aliphatic rings. The number of halogens is 1. The minimum Gasteiger partial charge on any atom is -0.488 e. The highest BCUT2D eigenvalue weighted by molar-refractivity contribution is 6.30. The maximum absolute atomic E-state index is 13.4. The van der Waals surface area contributed by atoms with Gasteiger partial charge in [0.15, 0.2) is 0 Å². The Kier molecular flexibility index (Phi) is 6.13. The van der Waals surface area contributed by atoms with Gasteiger partial charge in [0, 0.05) is 42.5 Å². The van der Waals surface area contributed by atoms with Gasteiger partial charge in [0.2, 0.25) is 0 Å². The van der Waals surface area contributed by atoms with Gasteiger partial charge in [-0.25, -0.2) is 4.98 Å². The van der Waals surface area contributed by atoms with Crippen LogP contribution in [0.4, 0.5) is 0 Å². The summed E-state index contributed by atoms with van der Waals surface area (Å²) >= 11 is 6.08. The molecule has 2 aromatic carbocycles. The van der Waals surface area contributed by atoms with Crippen molar-refractivity contribution in [1.82, 2.24) is 14.5 Å². The van der Waals surface area contributed by atoms with Crippen LogP contribution >= 0.6 is 11.6 Å². The molecule has 0 radical (unpaired) electrons. The van der Waals surface area contributed by atoms with E-state index >= 15 is 0 Å². The Morgan fingerprint density at radius 2 is 2.15 bits per heavy atom. The summed E-state index contributed by atoms with van der Waals surface area (Å²) in [6.07, 6.45) is 6.33. The molecule has 6 nitrogen and oxygen atoms in total. The highest BCUT2D eigenvalue weighted by Crippen LogP contribution is 2.37. The summed E-state index contributed by atoms with van der Waals surface area (Å²) in [6, 6.07) is 15.3. The molecule has 2 aliphatic heterocycles. The minimum atomic E-state index is -0.345. The number of amides is 1. The van der Waals surface area contributed by atoms with E-state index in [1.807, 2.05) is 66.6 Å². The Hall–Kier alpha value is -2.83. The van der Waals surface area contributed by atoms with E-state index in [0.29, 0.717) is 30.3 Å². The van der Waals surface area contributed by atoms with Crippen LogP contribution in [0, 0.1) is 6.92 Å². The number of rotatable bonds is 5. The van der Waals surface area contributed by atoms with Gasteiger partial charge in [0.25, 0.3) is 5.91 Å². The molecule has 0 aliphatic carbocycles. The second kappa shape index (κ2) is 9.20. The summed E-state index contributed by atoms with van der Waals surface area (Å²) in [6.45, 7) is 4.53. The molecule has 3 heterocycles. The van der Waals surface area contributed by atoms with Crippen molar-refractivity contribution in [2.75, 3.05) is 19.7 Å². The number of aryl methyl sites for hydroxylation is 1. The van der Waals surface area contributed by atoms with Crippen LogP contribution in [0.15, 0.2) is 60.9 Å². The fraction of sp³-hybridized carbons (Fsp3) is 0.385. The molecule has 0 unspecified atom stereocenters. The van der Waals surface area contributed by atoms with Gasteiger partial charge >= 0.3 is 0 Å². The first-order valence-corrected chi connectivity index (χ1v) is 11.8. The molecule has 0 bridgehead atoms. The summed E-state index contributed by atoms with van der Waals surface area (Å²) < 4.78 is 14.5. The normalized spacial score (nSPS) is 22.6. The van der Waals surface area contributed by atoms with Crippen molar-refractivity contribution in [3.05, 3.63) is 82.9 Å². The molecule has 7 heteroatoms. The molecular formula is C26H28ClN3O3. The van der Waals surface area contributed by atoms with Crippen LogP contribution < -0.4 is 4.74 Å². The van der Waals surface area contributed by atoms with Gasteiger partial charge in [-0.3, -0.25) is 4.79 Å². The van der Waals surface area contributed by atoms with Crippen LogP contribution in [-0.2, 0) is 11.3 Å². The molecule has 172 valence electrons. The molecule has 2 saturated heterocycles. The van der Waals surface area contributed by atoms with Gasteiger partial charge in [-0.15, -0.1) is 0 Å². The van der Waals surface area contributed by atoms with E-state index in [0.717, 1.165) is 42.9 Å². The van der Waals surface area contributed by atoms with E-state index in [-0.39, 0.29) is 17.6 Å². The molecule has 5 rings (SSSR count). The van der Waals surface area contributed by atoms with Gasteiger partial charge in [0.05, 0.1) is 18.8 Å². The summed E-state index contributed by atoms with van der Waals surface area (Å²) in [5.74, 6) is 1.76. The first kappa shape index (κ1) is 22.0. The van der Waals surface area contributed by atoms with Crippen molar-refractivity contribution < 1.29 is 14.3 Å². The molecule has 1 spiro atoms. The molecule has 0 saturated carbocycles. The number of imidazole rings is 1. The van der Waals surface area contributed by atoms with Crippen molar-refractivity contribution >= 4 is 17.5 Å². The zero-order chi connectivity index (χ0) is 22.8. The standard InChI is InChI=1S/C26H28ClN3O3/c1-19-28-10-12-29(19)16-20-5-2-6-21(13-20)25(31)30-11-4-9-26(18-30)15-24(17-32-26)33-23-8-3-7-22(27)14-23/h2-3,5-8,10,12-14,24H,4,9,11,15-18H2,1H3/t24-,26+/m1/s1. The van der Waals surface area contributed by atoms with Gasteiger partial charge < -0.3 is 18.9 Å². The predicted molar refractivity (Wildman–Crippen MR) is 127 cm³/mol. The maximum atomic E-state index is 13.4. The average molecular weight is 466 g/mol. The largest absolute Gasteiger partial charge is 0.488 e. The highest BCUT2D eigenvalue weighted by atomic mass is 35.5. The lowest BCUT2D eigenvalue weighted by atomic mass is 9.89. The quantitative estimate of drug-likeness (QED) is 0.546. The number of benzene rings is 2. The number of hydrogen-bond acceptors (Lipinski definition) is 4. The minimum absolute atomic E-state index is 0.0414. The van der Waals surface area contributed by atoms with Crippen molar-refractivity contribution in [1.29, 1.82) is 0 Å². The fourth-order valence-electron chi connectivity index (χ4n) is 4.92. The van der Waals surface area contributed by atoms with E-state index in [9.17, 15) is 4.79 Å². The molecule has 1 aromatic heterocycles. The lowest BCUT2D eigenvalue weighted by Crippen LogP contribution is -2.50. The van der Waals surface area contributed by atoms with E-state index in [2.05, 4.69) is 9.55 Å². The van der Waals surface area contributed by atoms with Crippen molar-refractivity contribution in [2.45, 2.75) is 44.4 Å². The van der Waals surface area contributed by atoms with Crippen LogP contribution in [0.3, 0.4) is 0 Å². The molecule has 2 fully saturated rings. The first-order chi connectivity index (χ1) is 16.0. The van der Waals surface area contributed by atoms with Crippen LogP contribution in [-0.4, -0.2) is 51.8 Å². The molecular weight excluding hydrogens is 438 g/mol. The summed E-state index contributed by atoms with van der Waals surface area (Å²) in [4.78, 5) is 19.6. The Morgan fingerprint density at radius 1 is 1.27 bits per heavy atom. The third kappa shape index (κ3) is 4.92. The zero-order valence-corrected chi connectivity index (χ0v) is 19.5.